The molecule has 2 aromatic carbocycles. The van der Waals surface area contributed by atoms with Gasteiger partial charge in [0.05, 0.1) is 22.1 Å². The number of rotatable bonds is 5. The molecule has 0 unspecified atom stereocenters. The van der Waals surface area contributed by atoms with Crippen molar-refractivity contribution in [2.24, 2.45) is 0 Å². The van der Waals surface area contributed by atoms with Crippen LogP contribution in [-0.2, 0) is 16.0 Å². The van der Waals surface area contributed by atoms with Crippen LogP contribution in [0.4, 0.5) is 23.2 Å². The maximum Gasteiger partial charge on any atom is 0.419 e. The third-order valence-electron chi connectivity index (χ3n) is 6.40. The van der Waals surface area contributed by atoms with E-state index >= 15 is 0 Å². The summed E-state index contributed by atoms with van der Waals surface area (Å²) in [6.45, 7) is 1.02. The van der Waals surface area contributed by atoms with Crippen LogP contribution in [0.25, 0.3) is 0 Å². The van der Waals surface area contributed by atoms with E-state index in [0.717, 1.165) is 38.0 Å². The molecule has 11 heteroatoms. The standard InChI is InChI=1S/C24H26F4N2O4S/c1-35(32,33)18-7-9-22(34-17-4-2-3-5-17)19(15-18)23(31)30-12-10-29(11-13-30)16-6-8-20(21(25)14-16)24(26,27)28/h6-9,14-15,17H,2-5,10-13H2,1H3. The normalized spacial score (nSPS) is 17.6. The number of carbonyl (C=O) groups is 1. The maximum absolute atomic E-state index is 14.0. The first-order valence-corrected chi connectivity index (χ1v) is 13.2. The minimum atomic E-state index is -4.77. The fourth-order valence-electron chi connectivity index (χ4n) is 4.46. The lowest BCUT2D eigenvalue weighted by atomic mass is 10.1. The summed E-state index contributed by atoms with van der Waals surface area (Å²) in [5, 5.41) is 0. The Morgan fingerprint density at radius 3 is 2.23 bits per heavy atom. The van der Waals surface area contributed by atoms with Crippen molar-refractivity contribution in [3.8, 4) is 5.75 Å². The summed E-state index contributed by atoms with van der Waals surface area (Å²) >= 11 is 0. The highest BCUT2D eigenvalue weighted by molar-refractivity contribution is 7.90. The Hall–Kier alpha value is -2.82. The van der Waals surface area contributed by atoms with Gasteiger partial charge in [0.25, 0.3) is 5.91 Å². The second-order valence-electron chi connectivity index (χ2n) is 8.90. The minimum absolute atomic E-state index is 0.0125. The van der Waals surface area contributed by atoms with Crippen molar-refractivity contribution >= 4 is 21.4 Å². The molecule has 0 atom stereocenters. The van der Waals surface area contributed by atoms with Crippen molar-refractivity contribution in [2.45, 2.75) is 42.9 Å². The highest BCUT2D eigenvalue weighted by Crippen LogP contribution is 2.34. The van der Waals surface area contributed by atoms with E-state index in [0.29, 0.717) is 17.5 Å². The highest BCUT2D eigenvalue weighted by atomic mass is 32.2. The van der Waals surface area contributed by atoms with Gasteiger partial charge in [-0.2, -0.15) is 13.2 Å². The van der Waals surface area contributed by atoms with Crippen LogP contribution in [0.5, 0.6) is 5.75 Å². The predicted molar refractivity (Wildman–Crippen MR) is 122 cm³/mol. The van der Waals surface area contributed by atoms with Crippen LogP contribution in [0.2, 0.25) is 0 Å². The third kappa shape index (κ3) is 5.71. The molecule has 1 heterocycles. The van der Waals surface area contributed by atoms with Crippen LogP contribution in [-0.4, -0.2) is 57.8 Å². The number of sulfone groups is 1. The summed E-state index contributed by atoms with van der Waals surface area (Å²) in [5.74, 6) is -1.40. The first-order valence-electron chi connectivity index (χ1n) is 11.4. The summed E-state index contributed by atoms with van der Waals surface area (Å²) in [5.41, 5.74) is -0.864. The topological polar surface area (TPSA) is 66.9 Å². The monoisotopic (exact) mass is 514 g/mol. The second-order valence-corrected chi connectivity index (χ2v) is 10.9. The van der Waals surface area contributed by atoms with E-state index in [2.05, 4.69) is 0 Å². The van der Waals surface area contributed by atoms with Gasteiger partial charge in [-0.25, -0.2) is 12.8 Å². The predicted octanol–water partition coefficient (Wildman–Crippen LogP) is 4.53. The number of alkyl halides is 3. The van der Waals surface area contributed by atoms with Gasteiger partial charge >= 0.3 is 6.18 Å². The average Bonchev–Trinajstić information content (AvgIpc) is 3.30. The smallest absolute Gasteiger partial charge is 0.419 e. The average molecular weight is 515 g/mol. The molecule has 0 spiro atoms. The zero-order valence-corrected chi connectivity index (χ0v) is 20.0. The number of amides is 1. The Morgan fingerprint density at radius 1 is 1.00 bits per heavy atom. The van der Waals surface area contributed by atoms with Gasteiger partial charge in [-0.15, -0.1) is 0 Å². The van der Waals surface area contributed by atoms with Gasteiger partial charge in [0.2, 0.25) is 0 Å². The number of hydrogen-bond acceptors (Lipinski definition) is 5. The molecule has 0 N–H and O–H groups in total. The van der Waals surface area contributed by atoms with Gasteiger partial charge in [-0.05, 0) is 62.1 Å². The number of hydrogen-bond donors (Lipinski definition) is 0. The van der Waals surface area contributed by atoms with Crippen LogP contribution < -0.4 is 9.64 Å². The largest absolute Gasteiger partial charge is 0.490 e. The molecular formula is C24H26F4N2O4S. The molecule has 6 nitrogen and oxygen atoms in total. The Kier molecular flexibility index (Phi) is 6.99. The molecule has 1 saturated heterocycles. The zero-order chi connectivity index (χ0) is 25.4. The Bertz CT molecular complexity index is 1200. The quantitative estimate of drug-likeness (QED) is 0.549. The molecule has 0 radical (unpaired) electrons. The lowest BCUT2D eigenvalue weighted by molar-refractivity contribution is -0.139. The molecule has 0 bridgehead atoms. The molecule has 1 aliphatic heterocycles. The molecule has 1 aliphatic carbocycles. The van der Waals surface area contributed by atoms with Gasteiger partial charge in [0.1, 0.15) is 11.6 Å². The van der Waals surface area contributed by atoms with Gasteiger partial charge in [-0.1, -0.05) is 0 Å². The van der Waals surface area contributed by atoms with Crippen molar-refractivity contribution < 1.29 is 35.5 Å². The fraction of sp³-hybridized carbons (Fsp3) is 0.458. The number of nitrogens with zero attached hydrogens (tertiary/aromatic N) is 2. The summed E-state index contributed by atoms with van der Waals surface area (Å²) in [4.78, 5) is 16.6. The summed E-state index contributed by atoms with van der Waals surface area (Å²) in [6.07, 6.45) is 0.0528. The number of carbonyl (C=O) groups excluding carboxylic acids is 1. The van der Waals surface area contributed by atoms with Gasteiger partial charge < -0.3 is 14.5 Å². The molecule has 35 heavy (non-hydrogen) atoms. The van der Waals surface area contributed by atoms with Crippen molar-refractivity contribution in [3.05, 3.63) is 53.3 Å². The molecule has 4 rings (SSSR count). The van der Waals surface area contributed by atoms with E-state index < -0.39 is 27.4 Å². The van der Waals surface area contributed by atoms with Crippen LogP contribution in [0.15, 0.2) is 41.3 Å². The summed E-state index contributed by atoms with van der Waals surface area (Å²) in [6, 6.07) is 7.05. The van der Waals surface area contributed by atoms with Crippen LogP contribution in [0.1, 0.15) is 41.6 Å². The number of benzene rings is 2. The highest BCUT2D eigenvalue weighted by Gasteiger charge is 2.34. The summed E-state index contributed by atoms with van der Waals surface area (Å²) in [7, 11) is -3.55. The van der Waals surface area contributed by atoms with Gasteiger partial charge in [0.15, 0.2) is 9.84 Å². The third-order valence-corrected chi connectivity index (χ3v) is 7.51. The first kappa shape index (κ1) is 25.3. The molecule has 1 saturated carbocycles. The lowest BCUT2D eigenvalue weighted by Crippen LogP contribution is -2.49. The molecule has 0 aromatic heterocycles. The Morgan fingerprint density at radius 2 is 1.66 bits per heavy atom. The number of ether oxygens (including phenoxy) is 1. The maximum atomic E-state index is 14.0. The molecule has 2 fully saturated rings. The van der Waals surface area contributed by atoms with E-state index in [9.17, 15) is 30.8 Å². The van der Waals surface area contributed by atoms with Crippen LogP contribution >= 0.6 is 0 Å². The molecule has 190 valence electrons. The van der Waals surface area contributed by atoms with E-state index in [1.165, 1.54) is 24.3 Å². The van der Waals surface area contributed by atoms with Gasteiger partial charge in [0, 0.05) is 38.1 Å². The molecule has 2 aliphatic rings. The second kappa shape index (κ2) is 9.67. The number of piperazine rings is 1. The Labute approximate surface area is 201 Å². The van der Waals surface area contributed by atoms with Crippen molar-refractivity contribution in [1.82, 2.24) is 4.90 Å². The summed E-state index contributed by atoms with van der Waals surface area (Å²) < 4.78 is 82.7. The number of halogens is 4. The SMILES string of the molecule is CS(=O)(=O)c1ccc(OC2CCCC2)c(C(=O)N2CCN(c3ccc(C(F)(F)F)c(F)c3)CC2)c1. The van der Waals surface area contributed by atoms with E-state index in [1.54, 1.807) is 9.80 Å². The number of anilines is 1. The fourth-order valence-corrected chi connectivity index (χ4v) is 5.11. The molecule has 1 amide bonds. The van der Waals surface area contributed by atoms with E-state index in [4.69, 9.17) is 4.74 Å². The molecule has 2 aromatic rings. The van der Waals surface area contributed by atoms with Crippen molar-refractivity contribution in [2.75, 3.05) is 37.3 Å². The van der Waals surface area contributed by atoms with E-state index in [1.807, 2.05) is 0 Å². The Balaban J connectivity index is 1.51. The zero-order valence-electron chi connectivity index (χ0n) is 19.1. The molecular weight excluding hydrogens is 488 g/mol. The van der Waals surface area contributed by atoms with E-state index in [-0.39, 0.29) is 48.6 Å². The van der Waals surface area contributed by atoms with Gasteiger partial charge in [-0.3, -0.25) is 4.79 Å². The minimum Gasteiger partial charge on any atom is -0.490 e. The lowest BCUT2D eigenvalue weighted by Gasteiger charge is -2.36. The van der Waals surface area contributed by atoms with Crippen molar-refractivity contribution in [3.63, 3.8) is 0 Å². The van der Waals surface area contributed by atoms with Crippen LogP contribution in [0, 0.1) is 5.82 Å². The van der Waals surface area contributed by atoms with Crippen molar-refractivity contribution in [1.29, 1.82) is 0 Å². The van der Waals surface area contributed by atoms with Crippen LogP contribution in [0.3, 0.4) is 0 Å². The first-order chi connectivity index (χ1) is 16.4.